The molecule has 0 aliphatic heterocycles. The van der Waals surface area contributed by atoms with Crippen molar-refractivity contribution in [2.75, 3.05) is 19.7 Å². The van der Waals surface area contributed by atoms with E-state index in [2.05, 4.69) is 59.1 Å². The third-order valence-corrected chi connectivity index (χ3v) is 3.41. The van der Waals surface area contributed by atoms with Crippen molar-refractivity contribution in [1.29, 1.82) is 0 Å². The molecule has 1 N–H and O–H groups in total. The molecule has 0 aliphatic rings. The minimum atomic E-state index is 0.208. The Hall–Kier alpha value is -1.58. The highest BCUT2D eigenvalue weighted by atomic mass is 16.3. The standard InChI is InChI=1S/C16H22N2O/c1-17-10-5-8-16(17)14-18(12-13-19)11-9-15-6-3-2-4-7-15/h2-8,10,19H,9,11-14H2,1H3. The van der Waals surface area contributed by atoms with Crippen molar-refractivity contribution in [1.82, 2.24) is 9.47 Å². The van der Waals surface area contributed by atoms with Crippen LogP contribution in [0.3, 0.4) is 0 Å². The fraction of sp³-hybridized carbons (Fsp3) is 0.375. The predicted molar refractivity (Wildman–Crippen MR) is 77.9 cm³/mol. The second kappa shape index (κ2) is 7.12. The third kappa shape index (κ3) is 4.23. The number of aryl methyl sites for hydroxylation is 1. The van der Waals surface area contributed by atoms with Crippen LogP contribution in [-0.4, -0.2) is 34.3 Å². The Morgan fingerprint density at radius 2 is 1.84 bits per heavy atom. The number of aliphatic hydroxyl groups is 1. The maximum Gasteiger partial charge on any atom is 0.0558 e. The van der Waals surface area contributed by atoms with Gasteiger partial charge in [-0.05, 0) is 24.1 Å². The Balaban J connectivity index is 1.91. The summed E-state index contributed by atoms with van der Waals surface area (Å²) in [5.41, 5.74) is 2.62. The molecule has 3 nitrogen and oxygen atoms in total. The van der Waals surface area contributed by atoms with Crippen LogP contribution in [0.1, 0.15) is 11.3 Å². The minimum absolute atomic E-state index is 0.208. The molecule has 102 valence electrons. The highest BCUT2D eigenvalue weighted by molar-refractivity contribution is 5.15. The van der Waals surface area contributed by atoms with Crippen molar-refractivity contribution < 1.29 is 5.11 Å². The van der Waals surface area contributed by atoms with Crippen LogP contribution in [0.2, 0.25) is 0 Å². The molecule has 0 atom stereocenters. The van der Waals surface area contributed by atoms with E-state index in [0.29, 0.717) is 0 Å². The van der Waals surface area contributed by atoms with Crippen molar-refractivity contribution in [3.63, 3.8) is 0 Å². The third-order valence-electron chi connectivity index (χ3n) is 3.41. The summed E-state index contributed by atoms with van der Waals surface area (Å²) in [6, 6.07) is 14.7. The maximum absolute atomic E-state index is 9.18. The van der Waals surface area contributed by atoms with E-state index in [0.717, 1.165) is 26.1 Å². The number of rotatable bonds is 7. The van der Waals surface area contributed by atoms with E-state index in [-0.39, 0.29) is 6.61 Å². The molecule has 3 heteroatoms. The van der Waals surface area contributed by atoms with Gasteiger partial charge >= 0.3 is 0 Å². The number of hydrogen-bond acceptors (Lipinski definition) is 2. The summed E-state index contributed by atoms with van der Waals surface area (Å²) < 4.78 is 2.13. The number of nitrogens with zero attached hydrogens (tertiary/aromatic N) is 2. The molecule has 1 aromatic heterocycles. The maximum atomic E-state index is 9.18. The highest BCUT2D eigenvalue weighted by Gasteiger charge is 2.07. The number of aliphatic hydroxyl groups excluding tert-OH is 1. The van der Waals surface area contributed by atoms with E-state index >= 15 is 0 Å². The van der Waals surface area contributed by atoms with E-state index in [9.17, 15) is 5.11 Å². The Labute approximate surface area is 115 Å². The van der Waals surface area contributed by atoms with Gasteiger partial charge in [-0.2, -0.15) is 0 Å². The van der Waals surface area contributed by atoms with Crippen molar-refractivity contribution in [2.24, 2.45) is 7.05 Å². The van der Waals surface area contributed by atoms with Crippen LogP contribution in [0.4, 0.5) is 0 Å². The Bertz CT molecular complexity index is 479. The van der Waals surface area contributed by atoms with Gasteiger partial charge in [-0.1, -0.05) is 30.3 Å². The molecule has 19 heavy (non-hydrogen) atoms. The summed E-state index contributed by atoms with van der Waals surface area (Å²) in [6.45, 7) is 2.78. The van der Waals surface area contributed by atoms with Crippen LogP contribution in [0.15, 0.2) is 48.7 Å². The monoisotopic (exact) mass is 258 g/mol. The van der Waals surface area contributed by atoms with Gasteiger partial charge in [-0.25, -0.2) is 0 Å². The van der Waals surface area contributed by atoms with Crippen LogP contribution in [0.5, 0.6) is 0 Å². The topological polar surface area (TPSA) is 28.4 Å². The van der Waals surface area contributed by atoms with Gasteiger partial charge in [0.05, 0.1) is 6.61 Å². The van der Waals surface area contributed by atoms with Crippen LogP contribution < -0.4 is 0 Å². The van der Waals surface area contributed by atoms with Gasteiger partial charge in [0, 0.05) is 38.6 Å². The normalized spacial score (nSPS) is 11.1. The lowest BCUT2D eigenvalue weighted by Crippen LogP contribution is -2.29. The summed E-state index contributed by atoms with van der Waals surface area (Å²) in [6.07, 6.45) is 3.08. The van der Waals surface area contributed by atoms with E-state index in [1.807, 2.05) is 6.07 Å². The fourth-order valence-corrected chi connectivity index (χ4v) is 2.23. The van der Waals surface area contributed by atoms with Gasteiger partial charge in [-0.3, -0.25) is 4.90 Å². The Kier molecular flexibility index (Phi) is 5.19. The first-order valence-electron chi connectivity index (χ1n) is 6.77. The lowest BCUT2D eigenvalue weighted by molar-refractivity contribution is 0.189. The smallest absolute Gasteiger partial charge is 0.0558 e. The molecule has 0 aliphatic carbocycles. The average molecular weight is 258 g/mol. The molecule has 2 aromatic rings. The van der Waals surface area contributed by atoms with Crippen LogP contribution in [-0.2, 0) is 20.0 Å². The van der Waals surface area contributed by atoms with E-state index in [4.69, 9.17) is 0 Å². The second-order valence-corrected chi connectivity index (χ2v) is 4.85. The molecule has 0 spiro atoms. The van der Waals surface area contributed by atoms with Crippen LogP contribution in [0.25, 0.3) is 0 Å². The lowest BCUT2D eigenvalue weighted by atomic mass is 10.1. The van der Waals surface area contributed by atoms with Gasteiger partial charge < -0.3 is 9.67 Å². The van der Waals surface area contributed by atoms with Crippen molar-refractivity contribution in [3.05, 3.63) is 59.9 Å². The molecule has 1 aromatic carbocycles. The van der Waals surface area contributed by atoms with Crippen LogP contribution >= 0.6 is 0 Å². The summed E-state index contributed by atoms with van der Waals surface area (Å²) in [7, 11) is 2.06. The average Bonchev–Trinajstić information content (AvgIpc) is 2.83. The summed E-state index contributed by atoms with van der Waals surface area (Å²) in [4.78, 5) is 2.29. The first-order chi connectivity index (χ1) is 9.29. The summed E-state index contributed by atoms with van der Waals surface area (Å²) in [5, 5.41) is 9.18. The SMILES string of the molecule is Cn1cccc1CN(CCO)CCc1ccccc1. The zero-order valence-corrected chi connectivity index (χ0v) is 11.5. The van der Waals surface area contributed by atoms with Gasteiger partial charge in [0.25, 0.3) is 0 Å². The summed E-state index contributed by atoms with van der Waals surface area (Å²) >= 11 is 0. The number of hydrogen-bond donors (Lipinski definition) is 1. The molecule has 0 fully saturated rings. The zero-order chi connectivity index (χ0) is 13.5. The fourth-order valence-electron chi connectivity index (χ4n) is 2.23. The first kappa shape index (κ1) is 13.8. The lowest BCUT2D eigenvalue weighted by Gasteiger charge is -2.21. The van der Waals surface area contributed by atoms with E-state index < -0.39 is 0 Å². The molecule has 0 saturated carbocycles. The van der Waals surface area contributed by atoms with Crippen molar-refractivity contribution in [2.45, 2.75) is 13.0 Å². The Morgan fingerprint density at radius 3 is 2.47 bits per heavy atom. The van der Waals surface area contributed by atoms with E-state index in [1.165, 1.54) is 11.3 Å². The minimum Gasteiger partial charge on any atom is -0.395 e. The van der Waals surface area contributed by atoms with E-state index in [1.54, 1.807) is 0 Å². The molecule has 0 saturated heterocycles. The number of benzene rings is 1. The van der Waals surface area contributed by atoms with Gasteiger partial charge in [-0.15, -0.1) is 0 Å². The molecule has 0 radical (unpaired) electrons. The van der Waals surface area contributed by atoms with Crippen molar-refractivity contribution in [3.8, 4) is 0 Å². The van der Waals surface area contributed by atoms with Crippen molar-refractivity contribution >= 4 is 0 Å². The van der Waals surface area contributed by atoms with Gasteiger partial charge in [0.1, 0.15) is 0 Å². The molecular formula is C16H22N2O. The molecule has 0 amide bonds. The molecular weight excluding hydrogens is 236 g/mol. The highest BCUT2D eigenvalue weighted by Crippen LogP contribution is 2.07. The Morgan fingerprint density at radius 1 is 1.05 bits per heavy atom. The molecule has 2 rings (SSSR count). The molecule has 0 bridgehead atoms. The summed E-state index contributed by atoms with van der Waals surface area (Å²) in [5.74, 6) is 0. The molecule has 0 unspecified atom stereocenters. The largest absolute Gasteiger partial charge is 0.395 e. The molecule has 1 heterocycles. The zero-order valence-electron chi connectivity index (χ0n) is 11.5. The van der Waals surface area contributed by atoms with Gasteiger partial charge in [0.15, 0.2) is 0 Å². The van der Waals surface area contributed by atoms with Gasteiger partial charge in [0.2, 0.25) is 0 Å². The number of aromatic nitrogens is 1. The quantitative estimate of drug-likeness (QED) is 0.823. The van der Waals surface area contributed by atoms with Crippen LogP contribution in [0, 0.1) is 0 Å². The second-order valence-electron chi connectivity index (χ2n) is 4.85. The first-order valence-corrected chi connectivity index (χ1v) is 6.77. The predicted octanol–water partition coefficient (Wildman–Crippen LogP) is 2.06.